The monoisotopic (exact) mass is 344 g/mol. The molecule has 1 N–H and O–H groups in total. The molecule has 0 fully saturated rings. The van der Waals surface area contributed by atoms with Crippen LogP contribution in [0.2, 0.25) is 0 Å². The van der Waals surface area contributed by atoms with Gasteiger partial charge in [-0.2, -0.15) is 0 Å². The van der Waals surface area contributed by atoms with Crippen LogP contribution >= 0.6 is 15.9 Å². The molecule has 0 spiro atoms. The molecule has 21 heavy (non-hydrogen) atoms. The van der Waals surface area contributed by atoms with Crippen LogP contribution in [-0.2, 0) is 31.3 Å². The number of aliphatic hydroxyl groups is 1. The van der Waals surface area contributed by atoms with Gasteiger partial charge in [-0.25, -0.2) is 0 Å². The van der Waals surface area contributed by atoms with E-state index in [9.17, 15) is 5.11 Å². The third-order valence-electron chi connectivity index (χ3n) is 4.32. The Labute approximate surface area is 135 Å². The molecule has 0 saturated carbocycles. The first-order chi connectivity index (χ1) is 9.93. The average molecular weight is 345 g/mol. The molecule has 110 valence electrons. The van der Waals surface area contributed by atoms with Crippen LogP contribution in [0.15, 0.2) is 40.9 Å². The second kappa shape index (κ2) is 5.58. The van der Waals surface area contributed by atoms with Gasteiger partial charge in [0.25, 0.3) is 0 Å². The highest BCUT2D eigenvalue weighted by Gasteiger charge is 2.21. The summed E-state index contributed by atoms with van der Waals surface area (Å²) in [5, 5.41) is 10.5. The summed E-state index contributed by atoms with van der Waals surface area (Å²) >= 11 is 3.70. The van der Waals surface area contributed by atoms with Crippen LogP contribution in [-0.4, -0.2) is 5.11 Å². The molecule has 2 aromatic carbocycles. The quantitative estimate of drug-likeness (QED) is 0.803. The number of hydrogen-bond acceptors (Lipinski definition) is 1. The molecule has 2 aromatic rings. The van der Waals surface area contributed by atoms with E-state index < -0.39 is 5.60 Å². The standard InChI is InChI=1S/C19H21BrO/c1-19(2,21)17-11-13-3-4-14-6-8-16(18(20)12-14)10-9-15(17)7-5-13/h5-8,11-12,21H,3-4,9-10H2,1-2H3. The Morgan fingerprint density at radius 3 is 2.05 bits per heavy atom. The Kier molecular flexibility index (Phi) is 3.94. The fourth-order valence-corrected chi connectivity index (χ4v) is 3.70. The van der Waals surface area contributed by atoms with Gasteiger partial charge in [-0.1, -0.05) is 46.3 Å². The highest BCUT2D eigenvalue weighted by atomic mass is 79.9. The maximum atomic E-state index is 10.5. The fourth-order valence-electron chi connectivity index (χ4n) is 3.07. The summed E-state index contributed by atoms with van der Waals surface area (Å²) < 4.78 is 1.21. The van der Waals surface area contributed by atoms with Crippen LogP contribution in [0, 0.1) is 0 Å². The van der Waals surface area contributed by atoms with Crippen molar-refractivity contribution in [3.63, 3.8) is 0 Å². The van der Waals surface area contributed by atoms with E-state index in [4.69, 9.17) is 0 Å². The van der Waals surface area contributed by atoms with Gasteiger partial charge in [-0.15, -0.1) is 0 Å². The minimum Gasteiger partial charge on any atom is -0.386 e. The molecular formula is C19H21BrO. The van der Waals surface area contributed by atoms with Crippen LogP contribution in [0.25, 0.3) is 0 Å². The van der Waals surface area contributed by atoms with E-state index in [1.54, 1.807) is 0 Å². The summed E-state index contributed by atoms with van der Waals surface area (Å²) in [4.78, 5) is 0. The van der Waals surface area contributed by atoms with Gasteiger partial charge in [-0.05, 0) is 73.4 Å². The molecule has 0 aliphatic heterocycles. The maximum absolute atomic E-state index is 10.5. The Bertz CT molecular complexity index is 668. The van der Waals surface area contributed by atoms with E-state index in [0.717, 1.165) is 31.2 Å². The number of halogens is 1. The molecular weight excluding hydrogens is 324 g/mol. The van der Waals surface area contributed by atoms with Gasteiger partial charge < -0.3 is 5.11 Å². The Morgan fingerprint density at radius 2 is 1.43 bits per heavy atom. The molecule has 0 unspecified atom stereocenters. The van der Waals surface area contributed by atoms with Gasteiger partial charge in [0.2, 0.25) is 0 Å². The predicted octanol–water partition coefficient (Wildman–Crippen LogP) is 4.56. The largest absolute Gasteiger partial charge is 0.386 e. The number of aryl methyl sites for hydroxylation is 4. The summed E-state index contributed by atoms with van der Waals surface area (Å²) in [5.41, 5.74) is 5.55. The van der Waals surface area contributed by atoms with Crippen molar-refractivity contribution in [2.75, 3.05) is 0 Å². The first kappa shape index (κ1) is 14.8. The lowest BCUT2D eigenvalue weighted by atomic mass is 9.87. The molecule has 0 heterocycles. The second-order valence-electron chi connectivity index (χ2n) is 6.48. The first-order valence-corrected chi connectivity index (χ1v) is 8.35. The fraction of sp³-hybridized carbons (Fsp3) is 0.368. The van der Waals surface area contributed by atoms with Crippen molar-refractivity contribution in [3.05, 3.63) is 68.7 Å². The van der Waals surface area contributed by atoms with Crippen molar-refractivity contribution >= 4 is 15.9 Å². The zero-order chi connectivity index (χ0) is 15.0. The third kappa shape index (κ3) is 3.22. The molecule has 4 aliphatic carbocycles. The Balaban J connectivity index is 2.06. The van der Waals surface area contributed by atoms with Crippen molar-refractivity contribution in [1.82, 2.24) is 0 Å². The molecule has 6 rings (SSSR count). The van der Waals surface area contributed by atoms with Crippen LogP contribution < -0.4 is 0 Å². The van der Waals surface area contributed by atoms with Crippen LogP contribution in [0.5, 0.6) is 0 Å². The summed E-state index contributed by atoms with van der Waals surface area (Å²) in [6.07, 6.45) is 3.99. The van der Waals surface area contributed by atoms with Gasteiger partial charge in [0.05, 0.1) is 5.60 Å². The number of rotatable bonds is 1. The van der Waals surface area contributed by atoms with E-state index >= 15 is 0 Å². The van der Waals surface area contributed by atoms with Gasteiger partial charge in [0, 0.05) is 4.47 Å². The predicted molar refractivity (Wildman–Crippen MR) is 90.6 cm³/mol. The van der Waals surface area contributed by atoms with E-state index in [-0.39, 0.29) is 0 Å². The molecule has 4 aliphatic rings. The summed E-state index contributed by atoms with van der Waals surface area (Å²) in [5.74, 6) is 0. The van der Waals surface area contributed by atoms with Crippen LogP contribution in [0.4, 0.5) is 0 Å². The van der Waals surface area contributed by atoms with E-state index in [0.29, 0.717) is 0 Å². The zero-order valence-electron chi connectivity index (χ0n) is 12.6. The first-order valence-electron chi connectivity index (χ1n) is 7.55. The zero-order valence-corrected chi connectivity index (χ0v) is 14.2. The van der Waals surface area contributed by atoms with Gasteiger partial charge >= 0.3 is 0 Å². The van der Waals surface area contributed by atoms with Crippen molar-refractivity contribution in [2.45, 2.75) is 45.1 Å². The number of benzene rings is 2. The molecule has 0 atom stereocenters. The molecule has 0 radical (unpaired) electrons. The molecule has 2 heteroatoms. The maximum Gasteiger partial charge on any atom is 0.0843 e. The lowest BCUT2D eigenvalue weighted by Gasteiger charge is -2.23. The lowest BCUT2D eigenvalue weighted by molar-refractivity contribution is 0.0775. The lowest BCUT2D eigenvalue weighted by Crippen LogP contribution is -2.19. The van der Waals surface area contributed by atoms with Crippen molar-refractivity contribution in [3.8, 4) is 0 Å². The van der Waals surface area contributed by atoms with Crippen molar-refractivity contribution in [1.29, 1.82) is 0 Å². The minimum absolute atomic E-state index is 0.783. The van der Waals surface area contributed by atoms with E-state index in [1.807, 2.05) is 13.8 Å². The minimum atomic E-state index is -0.783. The number of hydrogen-bond donors (Lipinski definition) is 1. The van der Waals surface area contributed by atoms with Crippen LogP contribution in [0.1, 0.15) is 41.7 Å². The SMILES string of the molecule is CC(C)(O)c1cc2ccc1CCc1ccc(cc1Br)CC2. The van der Waals surface area contributed by atoms with Crippen molar-refractivity contribution in [2.24, 2.45) is 0 Å². The smallest absolute Gasteiger partial charge is 0.0843 e. The normalized spacial score (nSPS) is 14.9. The van der Waals surface area contributed by atoms with Gasteiger partial charge in [-0.3, -0.25) is 0 Å². The summed E-state index contributed by atoms with van der Waals surface area (Å²) in [7, 11) is 0. The molecule has 0 aromatic heterocycles. The van der Waals surface area contributed by atoms with Gasteiger partial charge in [0.1, 0.15) is 0 Å². The van der Waals surface area contributed by atoms with Crippen LogP contribution in [0.3, 0.4) is 0 Å². The molecule has 1 nitrogen and oxygen atoms in total. The molecule has 4 bridgehead atoms. The van der Waals surface area contributed by atoms with Crippen molar-refractivity contribution < 1.29 is 5.11 Å². The van der Waals surface area contributed by atoms with E-state index in [2.05, 4.69) is 52.3 Å². The topological polar surface area (TPSA) is 20.2 Å². The highest BCUT2D eigenvalue weighted by molar-refractivity contribution is 9.10. The molecule has 0 saturated heterocycles. The second-order valence-corrected chi connectivity index (χ2v) is 7.33. The highest BCUT2D eigenvalue weighted by Crippen LogP contribution is 2.29. The summed E-state index contributed by atoms with van der Waals surface area (Å²) in [6.45, 7) is 3.76. The Morgan fingerprint density at radius 1 is 0.857 bits per heavy atom. The summed E-state index contributed by atoms with van der Waals surface area (Å²) in [6, 6.07) is 13.3. The third-order valence-corrected chi connectivity index (χ3v) is 5.06. The van der Waals surface area contributed by atoms with Gasteiger partial charge in [0.15, 0.2) is 0 Å². The average Bonchev–Trinajstić information content (AvgIpc) is 2.41. The van der Waals surface area contributed by atoms with E-state index in [1.165, 1.54) is 26.7 Å². The molecule has 0 amide bonds. The Hall–Kier alpha value is -1.12.